The molecule has 1 aliphatic carbocycles. The number of nitrogens with one attached hydrogen (secondary N) is 1. The molecule has 3 rings (SSSR count). The van der Waals surface area contributed by atoms with E-state index in [1.807, 2.05) is 0 Å². The lowest BCUT2D eigenvalue weighted by Gasteiger charge is -2.26. The van der Waals surface area contributed by atoms with Gasteiger partial charge in [-0.1, -0.05) is 23.7 Å². The number of nitrogens with zero attached hydrogens (tertiary/aromatic N) is 1. The second kappa shape index (κ2) is 5.82. The number of halogens is 1. The monoisotopic (exact) mass is 278 g/mol. The van der Waals surface area contributed by atoms with Gasteiger partial charge in [-0.2, -0.15) is 0 Å². The first-order chi connectivity index (χ1) is 9.22. The van der Waals surface area contributed by atoms with Gasteiger partial charge in [-0.05, 0) is 56.3 Å². The van der Waals surface area contributed by atoms with Gasteiger partial charge < -0.3 is 5.32 Å². The van der Waals surface area contributed by atoms with Crippen LogP contribution in [0.2, 0.25) is 5.02 Å². The molecule has 1 heterocycles. The van der Waals surface area contributed by atoms with Crippen LogP contribution < -0.4 is 5.32 Å². The Morgan fingerprint density at radius 3 is 2.79 bits per heavy atom. The Labute approximate surface area is 121 Å². The van der Waals surface area contributed by atoms with Crippen LogP contribution in [0.25, 0.3) is 0 Å². The molecular formula is C16H23ClN2. The quantitative estimate of drug-likeness (QED) is 0.888. The summed E-state index contributed by atoms with van der Waals surface area (Å²) in [6.45, 7) is 5.46. The molecule has 1 aromatic rings. The molecule has 0 spiro atoms. The van der Waals surface area contributed by atoms with Crippen molar-refractivity contribution >= 4 is 11.6 Å². The second-order valence-electron chi connectivity index (χ2n) is 6.05. The molecule has 2 fully saturated rings. The minimum atomic E-state index is 0.685. The van der Waals surface area contributed by atoms with E-state index in [0.29, 0.717) is 6.04 Å². The lowest BCUT2D eigenvalue weighted by molar-refractivity contribution is 0.231. The largest absolute Gasteiger partial charge is 0.313 e. The number of aryl methyl sites for hydroxylation is 1. The van der Waals surface area contributed by atoms with E-state index in [4.69, 9.17) is 11.6 Å². The van der Waals surface area contributed by atoms with Crippen LogP contribution in [0.4, 0.5) is 0 Å². The van der Waals surface area contributed by atoms with E-state index in [1.54, 1.807) is 0 Å². The molecule has 1 aliphatic heterocycles. The molecule has 1 N–H and O–H groups in total. The van der Waals surface area contributed by atoms with E-state index in [-0.39, 0.29) is 0 Å². The maximum atomic E-state index is 6.37. The molecule has 0 aromatic heterocycles. The molecule has 19 heavy (non-hydrogen) atoms. The zero-order chi connectivity index (χ0) is 13.2. The molecule has 1 unspecified atom stereocenters. The van der Waals surface area contributed by atoms with Crippen LogP contribution in [0, 0.1) is 6.92 Å². The minimum Gasteiger partial charge on any atom is -0.313 e. The van der Waals surface area contributed by atoms with Gasteiger partial charge in [-0.25, -0.2) is 0 Å². The fourth-order valence-electron chi connectivity index (χ4n) is 2.98. The highest BCUT2D eigenvalue weighted by atomic mass is 35.5. The van der Waals surface area contributed by atoms with Crippen molar-refractivity contribution in [1.82, 2.24) is 10.2 Å². The normalized spacial score (nSPS) is 23.2. The van der Waals surface area contributed by atoms with E-state index < -0.39 is 0 Å². The molecule has 0 amide bonds. The predicted molar refractivity (Wildman–Crippen MR) is 80.6 cm³/mol. The Hall–Kier alpha value is -0.570. The second-order valence-corrected chi connectivity index (χ2v) is 6.46. The van der Waals surface area contributed by atoms with Gasteiger partial charge in [0.05, 0.1) is 0 Å². The highest BCUT2D eigenvalue weighted by Gasteiger charge is 2.31. The number of benzene rings is 1. The average molecular weight is 279 g/mol. The third kappa shape index (κ3) is 3.50. The summed E-state index contributed by atoms with van der Waals surface area (Å²) in [6.07, 6.45) is 5.37. The Morgan fingerprint density at radius 2 is 2.16 bits per heavy atom. The van der Waals surface area contributed by atoms with Gasteiger partial charge >= 0.3 is 0 Å². The Kier molecular flexibility index (Phi) is 4.11. The van der Waals surface area contributed by atoms with Crippen LogP contribution in [0.15, 0.2) is 18.2 Å². The van der Waals surface area contributed by atoms with Crippen molar-refractivity contribution in [2.75, 3.05) is 13.1 Å². The third-order valence-corrected chi connectivity index (χ3v) is 4.61. The van der Waals surface area contributed by atoms with Crippen LogP contribution in [-0.4, -0.2) is 30.1 Å². The molecule has 1 atom stereocenters. The first kappa shape index (κ1) is 13.4. The van der Waals surface area contributed by atoms with Crippen LogP contribution in [-0.2, 0) is 6.54 Å². The smallest absolute Gasteiger partial charge is 0.0453 e. The number of rotatable bonds is 5. The number of hydrogen-bond acceptors (Lipinski definition) is 2. The van der Waals surface area contributed by atoms with Crippen LogP contribution in [0.1, 0.15) is 36.8 Å². The van der Waals surface area contributed by atoms with Gasteiger partial charge in [-0.15, -0.1) is 0 Å². The highest BCUT2D eigenvalue weighted by molar-refractivity contribution is 6.31. The summed E-state index contributed by atoms with van der Waals surface area (Å²) in [5.41, 5.74) is 2.52. The standard InChI is InChI=1S/C16H23ClN2/c1-12-4-5-13(16(17)9-12)10-19(15-6-7-15)11-14-3-2-8-18-14/h4-5,9,14-15,18H,2-3,6-8,10-11H2,1H3. The fourth-order valence-corrected chi connectivity index (χ4v) is 3.27. The molecular weight excluding hydrogens is 256 g/mol. The zero-order valence-electron chi connectivity index (χ0n) is 11.7. The first-order valence-corrected chi connectivity index (χ1v) is 7.82. The molecule has 3 heteroatoms. The molecule has 2 aliphatic rings. The summed E-state index contributed by atoms with van der Waals surface area (Å²) >= 11 is 6.37. The lowest BCUT2D eigenvalue weighted by Crippen LogP contribution is -2.38. The molecule has 0 radical (unpaired) electrons. The molecule has 0 bridgehead atoms. The van der Waals surface area contributed by atoms with Gasteiger partial charge in [0.25, 0.3) is 0 Å². The third-order valence-electron chi connectivity index (χ3n) is 4.26. The summed E-state index contributed by atoms with van der Waals surface area (Å²) in [6, 6.07) is 7.91. The van der Waals surface area contributed by atoms with Crippen molar-refractivity contribution in [3.63, 3.8) is 0 Å². The maximum absolute atomic E-state index is 6.37. The summed E-state index contributed by atoms with van der Waals surface area (Å²) < 4.78 is 0. The van der Waals surface area contributed by atoms with E-state index in [1.165, 1.54) is 49.9 Å². The van der Waals surface area contributed by atoms with E-state index in [0.717, 1.165) is 17.6 Å². The summed E-state index contributed by atoms with van der Waals surface area (Å²) in [7, 11) is 0. The molecule has 2 nitrogen and oxygen atoms in total. The van der Waals surface area contributed by atoms with Gasteiger partial charge in [0, 0.05) is 30.2 Å². The Balaban J connectivity index is 1.66. The van der Waals surface area contributed by atoms with E-state index in [2.05, 4.69) is 35.3 Å². The molecule has 1 saturated carbocycles. The summed E-state index contributed by atoms with van der Waals surface area (Å²) in [5, 5.41) is 4.53. The van der Waals surface area contributed by atoms with Gasteiger partial charge in [-0.3, -0.25) is 4.90 Å². The van der Waals surface area contributed by atoms with Crippen molar-refractivity contribution in [3.8, 4) is 0 Å². The van der Waals surface area contributed by atoms with E-state index in [9.17, 15) is 0 Å². The molecule has 1 aromatic carbocycles. The van der Waals surface area contributed by atoms with Crippen LogP contribution >= 0.6 is 11.6 Å². The Bertz CT molecular complexity index is 436. The average Bonchev–Trinajstić information content (AvgIpc) is 3.10. The lowest BCUT2D eigenvalue weighted by atomic mass is 10.1. The van der Waals surface area contributed by atoms with Crippen molar-refractivity contribution in [2.45, 2.75) is 51.2 Å². The molecule has 104 valence electrons. The van der Waals surface area contributed by atoms with Crippen molar-refractivity contribution in [1.29, 1.82) is 0 Å². The zero-order valence-corrected chi connectivity index (χ0v) is 12.4. The molecule has 1 saturated heterocycles. The summed E-state index contributed by atoms with van der Waals surface area (Å²) in [4.78, 5) is 2.62. The minimum absolute atomic E-state index is 0.685. The predicted octanol–water partition coefficient (Wildman–Crippen LogP) is 3.36. The van der Waals surface area contributed by atoms with Gasteiger partial charge in [0.2, 0.25) is 0 Å². The van der Waals surface area contributed by atoms with Crippen LogP contribution in [0.3, 0.4) is 0 Å². The summed E-state index contributed by atoms with van der Waals surface area (Å²) in [5.74, 6) is 0. The highest BCUT2D eigenvalue weighted by Crippen LogP contribution is 2.30. The van der Waals surface area contributed by atoms with Gasteiger partial charge in [0.15, 0.2) is 0 Å². The number of hydrogen-bond donors (Lipinski definition) is 1. The van der Waals surface area contributed by atoms with Crippen LogP contribution in [0.5, 0.6) is 0 Å². The van der Waals surface area contributed by atoms with Crippen molar-refractivity contribution in [3.05, 3.63) is 34.3 Å². The maximum Gasteiger partial charge on any atom is 0.0453 e. The fraction of sp³-hybridized carbons (Fsp3) is 0.625. The Morgan fingerprint density at radius 1 is 1.32 bits per heavy atom. The van der Waals surface area contributed by atoms with Crippen molar-refractivity contribution in [2.24, 2.45) is 0 Å². The van der Waals surface area contributed by atoms with Gasteiger partial charge in [0.1, 0.15) is 0 Å². The van der Waals surface area contributed by atoms with E-state index >= 15 is 0 Å². The first-order valence-electron chi connectivity index (χ1n) is 7.45. The SMILES string of the molecule is Cc1ccc(CN(CC2CCCN2)C2CC2)c(Cl)c1. The van der Waals surface area contributed by atoms with Crippen molar-refractivity contribution < 1.29 is 0 Å². The topological polar surface area (TPSA) is 15.3 Å².